The summed E-state index contributed by atoms with van der Waals surface area (Å²) in [5.41, 5.74) is 5.24. The average molecular weight is 506 g/mol. The van der Waals surface area contributed by atoms with E-state index in [4.69, 9.17) is 5.73 Å². The van der Waals surface area contributed by atoms with Gasteiger partial charge in [0.2, 0.25) is 11.8 Å². The molecule has 2 fully saturated rings. The predicted octanol–water partition coefficient (Wildman–Crippen LogP) is 2.20. The third kappa shape index (κ3) is 4.29. The van der Waals surface area contributed by atoms with Crippen LogP contribution in [0.25, 0.3) is 10.9 Å². The zero-order valence-electron chi connectivity index (χ0n) is 18.3. The number of piperidine rings is 1. The van der Waals surface area contributed by atoms with Crippen molar-refractivity contribution < 1.29 is 36.7 Å². The summed E-state index contributed by atoms with van der Waals surface area (Å²) >= 11 is 0. The van der Waals surface area contributed by atoms with Gasteiger partial charge in [0, 0.05) is 17.6 Å². The van der Waals surface area contributed by atoms with Gasteiger partial charge in [0.15, 0.2) is 17.3 Å². The first kappa shape index (κ1) is 23.5. The van der Waals surface area contributed by atoms with Crippen LogP contribution in [0.2, 0.25) is 0 Å². The second kappa shape index (κ2) is 8.46. The van der Waals surface area contributed by atoms with E-state index in [1.807, 2.05) is 0 Å². The molecule has 1 aliphatic carbocycles. The largest absolute Gasteiger partial charge is 0.573 e. The van der Waals surface area contributed by atoms with Crippen molar-refractivity contribution in [1.82, 2.24) is 19.7 Å². The van der Waals surface area contributed by atoms with E-state index in [9.17, 15) is 31.9 Å². The number of nitrogens with zero attached hydrogens (tertiary/aromatic N) is 4. The zero-order chi connectivity index (χ0) is 25.8. The molecule has 1 saturated heterocycles. The van der Waals surface area contributed by atoms with Crippen molar-refractivity contribution in [3.05, 3.63) is 48.2 Å². The summed E-state index contributed by atoms with van der Waals surface area (Å²) < 4.78 is 57.0. The fourth-order valence-corrected chi connectivity index (χ4v) is 4.61. The van der Waals surface area contributed by atoms with E-state index in [-0.39, 0.29) is 24.2 Å². The molecule has 5 rings (SSSR count). The molecule has 0 unspecified atom stereocenters. The Morgan fingerprint density at radius 3 is 2.69 bits per heavy atom. The van der Waals surface area contributed by atoms with Crippen LogP contribution in [0, 0.1) is 11.7 Å². The molecule has 0 bridgehead atoms. The molecule has 188 valence electrons. The van der Waals surface area contributed by atoms with E-state index in [1.165, 1.54) is 28.0 Å². The topological polar surface area (TPSA) is 132 Å². The van der Waals surface area contributed by atoms with Crippen LogP contribution in [0.15, 0.2) is 36.7 Å². The molecule has 2 aliphatic rings. The highest BCUT2D eigenvalue weighted by molar-refractivity contribution is 6.04. The molecule has 3 amide bonds. The van der Waals surface area contributed by atoms with Crippen molar-refractivity contribution in [1.29, 1.82) is 0 Å². The number of benzene rings is 1. The van der Waals surface area contributed by atoms with Crippen molar-refractivity contribution >= 4 is 34.3 Å². The number of aromatic nitrogens is 3. The Morgan fingerprint density at radius 1 is 1.19 bits per heavy atom. The van der Waals surface area contributed by atoms with Crippen molar-refractivity contribution in [3.8, 4) is 5.75 Å². The number of ether oxygens (including phenoxy) is 1. The summed E-state index contributed by atoms with van der Waals surface area (Å²) in [6, 6.07) is 3.34. The molecule has 2 aromatic heterocycles. The molecule has 0 radical (unpaired) electrons. The number of fused-ring (bicyclic) bond motifs is 2. The van der Waals surface area contributed by atoms with Crippen LogP contribution in [0.4, 0.5) is 23.2 Å². The highest BCUT2D eigenvalue weighted by atomic mass is 19.4. The number of primary amides is 1. The van der Waals surface area contributed by atoms with E-state index >= 15 is 0 Å². The summed E-state index contributed by atoms with van der Waals surface area (Å²) in [6.45, 7) is -0.314. The maximum absolute atomic E-state index is 14.5. The summed E-state index contributed by atoms with van der Waals surface area (Å²) in [5, 5.41) is 6.81. The minimum atomic E-state index is -5.11. The number of hydrogen-bond acceptors (Lipinski definition) is 6. The van der Waals surface area contributed by atoms with Gasteiger partial charge in [-0.3, -0.25) is 24.0 Å². The van der Waals surface area contributed by atoms with Crippen LogP contribution in [0.1, 0.15) is 23.3 Å². The number of hydrogen-bond donors (Lipinski definition) is 2. The molecule has 3 heterocycles. The first-order chi connectivity index (χ1) is 17.0. The predicted molar refractivity (Wildman–Crippen MR) is 115 cm³/mol. The zero-order valence-corrected chi connectivity index (χ0v) is 18.3. The number of carbonyl (C=O) groups excluding carboxylic acids is 3. The minimum Gasteiger partial charge on any atom is -0.403 e. The lowest BCUT2D eigenvalue weighted by atomic mass is 10.1. The smallest absolute Gasteiger partial charge is 0.403 e. The third-order valence-corrected chi connectivity index (χ3v) is 6.21. The molecule has 1 saturated carbocycles. The molecule has 3 atom stereocenters. The number of rotatable bonds is 6. The Bertz CT molecular complexity index is 1390. The van der Waals surface area contributed by atoms with Gasteiger partial charge >= 0.3 is 6.36 Å². The Morgan fingerprint density at radius 2 is 1.97 bits per heavy atom. The number of alkyl halides is 3. The summed E-state index contributed by atoms with van der Waals surface area (Å²) in [6.07, 6.45) is -1.23. The van der Waals surface area contributed by atoms with Crippen LogP contribution in [-0.2, 0) is 16.1 Å². The van der Waals surface area contributed by atoms with Crippen LogP contribution in [0.5, 0.6) is 5.75 Å². The lowest BCUT2D eigenvalue weighted by Gasteiger charge is -2.27. The highest BCUT2D eigenvalue weighted by Crippen LogP contribution is 2.48. The van der Waals surface area contributed by atoms with E-state index in [0.29, 0.717) is 23.7 Å². The number of carbonyl (C=O) groups is 3. The van der Waals surface area contributed by atoms with Crippen molar-refractivity contribution in [3.63, 3.8) is 0 Å². The number of nitrogens with one attached hydrogen (secondary N) is 1. The van der Waals surface area contributed by atoms with Crippen molar-refractivity contribution in [2.24, 2.45) is 11.7 Å². The number of halogens is 4. The van der Waals surface area contributed by atoms with Gasteiger partial charge < -0.3 is 20.7 Å². The van der Waals surface area contributed by atoms with Crippen LogP contribution >= 0.6 is 0 Å². The molecule has 1 aromatic carbocycles. The SMILES string of the molecule is NC(=O)c1nn(CC(=O)N2[C@@H]3C[C@@H]3C[C@H]2C(=O)Nc2cccc(OC(F)(F)F)c2F)c2cnccc12. The number of amides is 3. The average Bonchev–Trinajstić information content (AvgIpc) is 3.31. The Labute approximate surface area is 200 Å². The molecular weight excluding hydrogens is 488 g/mol. The molecular formula is C22H18F4N6O4. The highest BCUT2D eigenvalue weighted by Gasteiger charge is 2.56. The van der Waals surface area contributed by atoms with Gasteiger partial charge in [-0.05, 0) is 37.0 Å². The quantitative estimate of drug-likeness (QED) is 0.493. The number of pyridine rings is 1. The minimum absolute atomic E-state index is 0.0309. The van der Waals surface area contributed by atoms with Crippen molar-refractivity contribution in [2.75, 3.05) is 5.32 Å². The summed E-state index contributed by atoms with van der Waals surface area (Å²) in [7, 11) is 0. The van der Waals surface area contributed by atoms with Gasteiger partial charge in [0.1, 0.15) is 12.6 Å². The Balaban J connectivity index is 1.35. The van der Waals surface area contributed by atoms with E-state index < -0.39 is 47.4 Å². The number of likely N-dealkylation sites (tertiary alicyclic amines) is 1. The molecule has 14 heteroatoms. The molecule has 1 aliphatic heterocycles. The van der Waals surface area contributed by atoms with E-state index in [1.54, 1.807) is 0 Å². The summed E-state index contributed by atoms with van der Waals surface area (Å²) in [4.78, 5) is 43.3. The Kier molecular flexibility index (Phi) is 5.53. The molecule has 3 aromatic rings. The Hall–Kier alpha value is -4.23. The van der Waals surface area contributed by atoms with Crippen LogP contribution in [-0.4, -0.2) is 55.8 Å². The first-order valence-corrected chi connectivity index (χ1v) is 10.8. The normalized spacial score (nSPS) is 20.8. The second-order valence-corrected chi connectivity index (χ2v) is 8.53. The standard InChI is InChI=1S/C22H18F4N6O4/c23-18-12(2-1-3-16(18)36-22(24,25)26)29-21(35)14-7-10-6-13(10)32(14)17(33)9-31-15-8-28-5-4-11(15)19(30-31)20(27)34/h1-5,8,10,13-14H,6-7,9H2,(H2,27,34)(H,29,35)/t10-,13-,14+/m1/s1. The fraction of sp³-hybridized carbons (Fsp3) is 0.318. The molecule has 10 nitrogen and oxygen atoms in total. The maximum Gasteiger partial charge on any atom is 0.573 e. The lowest BCUT2D eigenvalue weighted by molar-refractivity contribution is -0.275. The first-order valence-electron chi connectivity index (χ1n) is 10.8. The van der Waals surface area contributed by atoms with Gasteiger partial charge in [-0.25, -0.2) is 4.39 Å². The molecule has 3 N–H and O–H groups in total. The van der Waals surface area contributed by atoms with Crippen molar-refractivity contribution in [2.45, 2.75) is 37.8 Å². The third-order valence-electron chi connectivity index (χ3n) is 6.21. The molecule has 0 spiro atoms. The van der Waals surface area contributed by atoms with Gasteiger partial charge in [0.25, 0.3) is 5.91 Å². The van der Waals surface area contributed by atoms with Crippen LogP contribution < -0.4 is 15.8 Å². The van der Waals surface area contributed by atoms with Gasteiger partial charge in [-0.15, -0.1) is 13.2 Å². The second-order valence-electron chi connectivity index (χ2n) is 8.53. The van der Waals surface area contributed by atoms with Gasteiger partial charge in [0.05, 0.1) is 17.4 Å². The van der Waals surface area contributed by atoms with Crippen LogP contribution in [0.3, 0.4) is 0 Å². The molecule has 36 heavy (non-hydrogen) atoms. The van der Waals surface area contributed by atoms with E-state index in [2.05, 4.69) is 20.1 Å². The maximum atomic E-state index is 14.5. The monoisotopic (exact) mass is 506 g/mol. The van der Waals surface area contributed by atoms with Gasteiger partial charge in [-0.1, -0.05) is 6.07 Å². The fourth-order valence-electron chi connectivity index (χ4n) is 4.61. The lowest BCUT2D eigenvalue weighted by Crippen LogP contribution is -2.46. The van der Waals surface area contributed by atoms with Gasteiger partial charge in [-0.2, -0.15) is 5.10 Å². The number of anilines is 1. The number of nitrogens with two attached hydrogens (primary N) is 1. The summed E-state index contributed by atoms with van der Waals surface area (Å²) in [5.74, 6) is -4.41. The van der Waals surface area contributed by atoms with E-state index in [0.717, 1.165) is 18.2 Å².